The molecule has 2 aromatic carbocycles. The maximum Gasteiger partial charge on any atom is 0.265 e. The highest BCUT2D eigenvalue weighted by atomic mass is 79.9. The number of anilines is 2. The molecule has 0 unspecified atom stereocenters. The van der Waals surface area contributed by atoms with Crippen LogP contribution in [0.25, 0.3) is 0 Å². The van der Waals surface area contributed by atoms with Gasteiger partial charge >= 0.3 is 0 Å². The first-order valence-corrected chi connectivity index (χ1v) is 7.10. The number of halogens is 2. The normalized spacial score (nSPS) is 13.8. The van der Waals surface area contributed by atoms with Crippen molar-refractivity contribution in [1.82, 2.24) is 0 Å². The Kier molecular flexibility index (Phi) is 3.55. The quantitative estimate of drug-likeness (QED) is 0.846. The highest BCUT2D eigenvalue weighted by Gasteiger charge is 2.26. The van der Waals surface area contributed by atoms with Gasteiger partial charge < -0.3 is 15.4 Å². The molecule has 0 aromatic heterocycles. The minimum atomic E-state index is -0.327. The second kappa shape index (κ2) is 5.37. The van der Waals surface area contributed by atoms with Gasteiger partial charge in [-0.3, -0.25) is 4.79 Å². The molecule has 0 saturated heterocycles. The molecule has 6 heteroatoms. The third-order valence-electron chi connectivity index (χ3n) is 3.27. The number of hydrogen-bond donors (Lipinski definition) is 1. The minimum absolute atomic E-state index is 0.0325. The summed E-state index contributed by atoms with van der Waals surface area (Å²) < 4.78 is 19.2. The fourth-order valence-electron chi connectivity index (χ4n) is 2.21. The highest BCUT2D eigenvalue weighted by molar-refractivity contribution is 9.10. The monoisotopic (exact) mass is 350 g/mol. The summed E-state index contributed by atoms with van der Waals surface area (Å²) in [6, 6.07) is 9.55. The number of rotatable bonds is 2. The summed E-state index contributed by atoms with van der Waals surface area (Å²) >= 11 is 3.32. The molecule has 0 aliphatic carbocycles. The molecule has 108 valence electrons. The third kappa shape index (κ3) is 2.71. The fourth-order valence-corrected chi connectivity index (χ4v) is 2.69. The molecule has 0 radical (unpaired) electrons. The van der Waals surface area contributed by atoms with Gasteiger partial charge in [0.2, 0.25) is 0 Å². The molecular weight excluding hydrogens is 339 g/mol. The zero-order chi connectivity index (χ0) is 15.0. The van der Waals surface area contributed by atoms with E-state index in [0.29, 0.717) is 28.1 Å². The predicted octanol–water partition coefficient (Wildman–Crippen LogP) is 3.10. The Morgan fingerprint density at radius 3 is 2.86 bits per heavy atom. The van der Waals surface area contributed by atoms with Crippen LogP contribution < -0.4 is 15.4 Å². The Labute approximate surface area is 129 Å². The van der Waals surface area contributed by atoms with Crippen LogP contribution in [0.5, 0.6) is 5.75 Å². The van der Waals surface area contributed by atoms with E-state index in [4.69, 9.17) is 10.5 Å². The first kappa shape index (κ1) is 13.9. The van der Waals surface area contributed by atoms with Crippen LogP contribution in [0.1, 0.15) is 5.56 Å². The number of nitrogens with two attached hydrogens (primary N) is 1. The number of nitrogen functional groups attached to an aromatic ring is 1. The number of amides is 1. The maximum atomic E-state index is 13.1. The smallest absolute Gasteiger partial charge is 0.265 e. The number of carbonyl (C=O) groups excluding carboxylic acids is 1. The molecule has 0 atom stereocenters. The lowest BCUT2D eigenvalue weighted by atomic mass is 10.1. The van der Waals surface area contributed by atoms with Crippen LogP contribution in [0.15, 0.2) is 40.9 Å². The van der Waals surface area contributed by atoms with Gasteiger partial charge in [0.05, 0.1) is 12.2 Å². The van der Waals surface area contributed by atoms with Gasteiger partial charge in [0.25, 0.3) is 5.91 Å². The van der Waals surface area contributed by atoms with Crippen LogP contribution in [0.4, 0.5) is 15.8 Å². The lowest BCUT2D eigenvalue weighted by Crippen LogP contribution is -2.38. The molecule has 0 saturated carbocycles. The molecule has 1 amide bonds. The number of nitrogens with zero attached hydrogens (tertiary/aromatic N) is 1. The standard InChI is InChI=1S/C15H12BrFN2O2/c16-12-5-10(17)2-1-9(12)7-19-13-4-3-11(18)6-14(13)21-8-15(19)20/h1-6H,7-8,18H2. The number of hydrogen-bond acceptors (Lipinski definition) is 3. The minimum Gasteiger partial charge on any atom is -0.481 e. The van der Waals surface area contributed by atoms with Gasteiger partial charge in [-0.1, -0.05) is 22.0 Å². The van der Waals surface area contributed by atoms with E-state index in [0.717, 1.165) is 5.56 Å². The number of ether oxygens (including phenoxy) is 1. The van der Waals surface area contributed by atoms with Gasteiger partial charge in [0.15, 0.2) is 6.61 Å². The van der Waals surface area contributed by atoms with Crippen LogP contribution in [-0.2, 0) is 11.3 Å². The van der Waals surface area contributed by atoms with Gasteiger partial charge in [-0.05, 0) is 29.8 Å². The molecular formula is C15H12BrFN2O2. The van der Waals surface area contributed by atoms with Crippen molar-refractivity contribution in [3.63, 3.8) is 0 Å². The van der Waals surface area contributed by atoms with E-state index >= 15 is 0 Å². The number of benzene rings is 2. The van der Waals surface area contributed by atoms with Crippen molar-refractivity contribution in [3.8, 4) is 5.75 Å². The number of carbonyl (C=O) groups is 1. The molecule has 0 bridgehead atoms. The average molecular weight is 351 g/mol. The van der Waals surface area contributed by atoms with E-state index < -0.39 is 0 Å². The topological polar surface area (TPSA) is 55.6 Å². The van der Waals surface area contributed by atoms with Crippen molar-refractivity contribution in [3.05, 3.63) is 52.3 Å². The zero-order valence-electron chi connectivity index (χ0n) is 11.0. The average Bonchev–Trinajstić information content (AvgIpc) is 2.44. The lowest BCUT2D eigenvalue weighted by molar-refractivity contribution is -0.121. The zero-order valence-corrected chi connectivity index (χ0v) is 12.6. The molecule has 3 rings (SSSR count). The van der Waals surface area contributed by atoms with Crippen molar-refractivity contribution in [1.29, 1.82) is 0 Å². The van der Waals surface area contributed by atoms with Crippen molar-refractivity contribution in [2.75, 3.05) is 17.2 Å². The van der Waals surface area contributed by atoms with E-state index in [2.05, 4.69) is 15.9 Å². The molecule has 0 fully saturated rings. The fraction of sp³-hybridized carbons (Fsp3) is 0.133. The molecule has 1 heterocycles. The lowest BCUT2D eigenvalue weighted by Gasteiger charge is -2.29. The Morgan fingerprint density at radius 1 is 1.29 bits per heavy atom. The first-order chi connectivity index (χ1) is 10.0. The second-order valence-corrected chi connectivity index (χ2v) is 5.59. The second-order valence-electron chi connectivity index (χ2n) is 4.73. The molecule has 1 aliphatic heterocycles. The highest BCUT2D eigenvalue weighted by Crippen LogP contribution is 2.35. The van der Waals surface area contributed by atoms with Crippen LogP contribution in [-0.4, -0.2) is 12.5 Å². The van der Waals surface area contributed by atoms with Gasteiger partial charge in [-0.15, -0.1) is 0 Å². The van der Waals surface area contributed by atoms with Crippen LogP contribution in [0.3, 0.4) is 0 Å². The van der Waals surface area contributed by atoms with Crippen molar-refractivity contribution in [2.45, 2.75) is 6.54 Å². The number of fused-ring (bicyclic) bond motifs is 1. The molecule has 21 heavy (non-hydrogen) atoms. The summed E-state index contributed by atoms with van der Waals surface area (Å²) in [6.07, 6.45) is 0. The molecule has 1 aliphatic rings. The van der Waals surface area contributed by atoms with Crippen LogP contribution in [0, 0.1) is 5.82 Å². The largest absolute Gasteiger partial charge is 0.481 e. The van der Waals surface area contributed by atoms with E-state index in [9.17, 15) is 9.18 Å². The van der Waals surface area contributed by atoms with Crippen molar-refractivity contribution in [2.24, 2.45) is 0 Å². The first-order valence-electron chi connectivity index (χ1n) is 6.31. The summed E-state index contributed by atoms with van der Waals surface area (Å²) in [5, 5.41) is 0. The van der Waals surface area contributed by atoms with Gasteiger partial charge in [-0.2, -0.15) is 0 Å². The van der Waals surface area contributed by atoms with Crippen LogP contribution in [0.2, 0.25) is 0 Å². The van der Waals surface area contributed by atoms with Gasteiger partial charge in [-0.25, -0.2) is 4.39 Å². The SMILES string of the molecule is Nc1ccc2c(c1)OCC(=O)N2Cc1ccc(F)cc1Br. The summed E-state index contributed by atoms with van der Waals surface area (Å²) in [5.74, 6) is 0.100. The van der Waals surface area contributed by atoms with E-state index in [1.54, 1.807) is 29.2 Å². The third-order valence-corrected chi connectivity index (χ3v) is 4.01. The Bertz CT molecular complexity index is 721. The Hall–Kier alpha value is -2.08. The van der Waals surface area contributed by atoms with Crippen LogP contribution >= 0.6 is 15.9 Å². The maximum absolute atomic E-state index is 13.1. The molecule has 0 spiro atoms. The summed E-state index contributed by atoms with van der Waals surface area (Å²) in [7, 11) is 0. The Morgan fingerprint density at radius 2 is 2.10 bits per heavy atom. The van der Waals surface area contributed by atoms with Gasteiger partial charge in [0.1, 0.15) is 11.6 Å². The van der Waals surface area contributed by atoms with Crippen molar-refractivity contribution < 1.29 is 13.9 Å². The molecule has 2 N–H and O–H groups in total. The molecule has 4 nitrogen and oxygen atoms in total. The summed E-state index contributed by atoms with van der Waals surface area (Å²) in [5.41, 5.74) is 7.78. The van der Waals surface area contributed by atoms with Gasteiger partial charge in [0, 0.05) is 16.2 Å². The molecule has 2 aromatic rings. The summed E-state index contributed by atoms with van der Waals surface area (Å²) in [6.45, 7) is 0.301. The Balaban J connectivity index is 1.96. The van der Waals surface area contributed by atoms with E-state index in [1.165, 1.54) is 12.1 Å². The van der Waals surface area contributed by atoms with Crippen molar-refractivity contribution >= 4 is 33.2 Å². The predicted molar refractivity (Wildman–Crippen MR) is 81.6 cm³/mol. The summed E-state index contributed by atoms with van der Waals surface area (Å²) in [4.78, 5) is 13.7. The van der Waals surface area contributed by atoms with E-state index in [1.807, 2.05) is 0 Å². The van der Waals surface area contributed by atoms with E-state index in [-0.39, 0.29) is 18.3 Å².